The number of phenolic OH excluding ortho intramolecular Hbond substituents is 1. The number of phenols is 1. The van der Waals surface area contributed by atoms with Crippen molar-refractivity contribution in [3.05, 3.63) is 16.1 Å². The molecule has 3 rings (SSSR count). The first-order valence-corrected chi connectivity index (χ1v) is 7.64. The first kappa shape index (κ1) is 14.5. The van der Waals surface area contributed by atoms with E-state index in [1.54, 1.807) is 6.07 Å². The molecule has 1 aromatic carbocycles. The van der Waals surface area contributed by atoms with Gasteiger partial charge in [0.25, 0.3) is 0 Å². The number of aliphatic carboxylic acids is 1. The molecule has 114 valence electrons. The summed E-state index contributed by atoms with van der Waals surface area (Å²) in [5, 5.41) is 22.6. The van der Waals surface area contributed by atoms with Crippen LogP contribution in [0.1, 0.15) is 24.4 Å². The number of benzene rings is 1. The second-order valence-corrected chi connectivity index (χ2v) is 6.08. The topological polar surface area (TPSA) is 88.0 Å². The van der Waals surface area contributed by atoms with E-state index in [1.807, 2.05) is 0 Å². The Bertz CT molecular complexity index is 577. The van der Waals surface area contributed by atoms with Gasteiger partial charge in [0.05, 0.1) is 29.2 Å². The molecule has 2 aliphatic heterocycles. The zero-order valence-electron chi connectivity index (χ0n) is 11.3. The second-order valence-electron chi connectivity index (χ2n) is 5.23. The monoisotopic (exact) mass is 357 g/mol. The minimum Gasteiger partial charge on any atom is -0.506 e. The van der Waals surface area contributed by atoms with Gasteiger partial charge in [-0.3, -0.25) is 4.79 Å². The molecular formula is C14H16BrNO5. The van der Waals surface area contributed by atoms with Crippen LogP contribution >= 0.6 is 15.9 Å². The van der Waals surface area contributed by atoms with Gasteiger partial charge in [0.15, 0.2) is 11.5 Å². The summed E-state index contributed by atoms with van der Waals surface area (Å²) in [6.45, 7) is 1.44. The van der Waals surface area contributed by atoms with Crippen molar-refractivity contribution in [2.75, 3.05) is 19.8 Å². The van der Waals surface area contributed by atoms with E-state index in [2.05, 4.69) is 21.2 Å². The van der Waals surface area contributed by atoms with Crippen molar-refractivity contribution in [3.8, 4) is 17.2 Å². The van der Waals surface area contributed by atoms with Gasteiger partial charge in [-0.2, -0.15) is 0 Å². The van der Waals surface area contributed by atoms with E-state index in [0.29, 0.717) is 47.7 Å². The third-order valence-electron chi connectivity index (χ3n) is 3.83. The molecule has 2 heterocycles. The third kappa shape index (κ3) is 2.67. The number of hydrogen-bond donors (Lipinski definition) is 3. The van der Waals surface area contributed by atoms with Crippen molar-refractivity contribution < 1.29 is 24.5 Å². The van der Waals surface area contributed by atoms with Crippen molar-refractivity contribution in [1.82, 2.24) is 5.32 Å². The Labute approximate surface area is 130 Å². The molecule has 0 radical (unpaired) electrons. The number of hydrogen-bond acceptors (Lipinski definition) is 5. The van der Waals surface area contributed by atoms with Crippen molar-refractivity contribution in [2.24, 2.45) is 5.92 Å². The van der Waals surface area contributed by atoms with Crippen LogP contribution in [0.15, 0.2) is 10.5 Å². The van der Waals surface area contributed by atoms with Gasteiger partial charge in [-0.25, -0.2) is 0 Å². The van der Waals surface area contributed by atoms with Gasteiger partial charge in [-0.05, 0) is 22.4 Å². The van der Waals surface area contributed by atoms with Crippen LogP contribution in [-0.2, 0) is 4.79 Å². The summed E-state index contributed by atoms with van der Waals surface area (Å²) >= 11 is 3.31. The lowest BCUT2D eigenvalue weighted by Crippen LogP contribution is -2.17. The average Bonchev–Trinajstić information content (AvgIpc) is 2.82. The predicted octanol–water partition coefficient (Wildman–Crippen LogP) is 2.05. The van der Waals surface area contributed by atoms with E-state index in [1.165, 1.54) is 0 Å². The van der Waals surface area contributed by atoms with Crippen molar-refractivity contribution >= 4 is 21.9 Å². The molecule has 0 aliphatic carbocycles. The summed E-state index contributed by atoms with van der Waals surface area (Å²) in [4.78, 5) is 11.1. The van der Waals surface area contributed by atoms with Crippen LogP contribution in [-0.4, -0.2) is 35.9 Å². The Morgan fingerprint density at radius 2 is 2.14 bits per heavy atom. The van der Waals surface area contributed by atoms with E-state index >= 15 is 0 Å². The molecule has 2 aliphatic rings. The van der Waals surface area contributed by atoms with Crippen LogP contribution in [0.5, 0.6) is 17.2 Å². The highest BCUT2D eigenvalue weighted by atomic mass is 79.9. The highest BCUT2D eigenvalue weighted by Gasteiger charge is 2.35. The smallest absolute Gasteiger partial charge is 0.307 e. The molecule has 3 N–H and O–H groups in total. The lowest BCUT2D eigenvalue weighted by Gasteiger charge is -2.20. The normalized spacial score (nSPS) is 24.6. The molecule has 7 heteroatoms. The van der Waals surface area contributed by atoms with Gasteiger partial charge in [-0.1, -0.05) is 0 Å². The second kappa shape index (κ2) is 5.73. The molecule has 1 saturated heterocycles. The highest BCUT2D eigenvalue weighted by Crippen LogP contribution is 2.48. The molecule has 21 heavy (non-hydrogen) atoms. The molecule has 1 aromatic rings. The minimum absolute atomic E-state index is 0.0720. The Hall–Kier alpha value is -1.47. The van der Waals surface area contributed by atoms with E-state index in [4.69, 9.17) is 14.6 Å². The van der Waals surface area contributed by atoms with E-state index in [0.717, 1.165) is 6.42 Å². The Kier molecular flexibility index (Phi) is 3.95. The molecule has 0 aromatic heterocycles. The maximum atomic E-state index is 11.1. The summed E-state index contributed by atoms with van der Waals surface area (Å²) in [7, 11) is 0. The van der Waals surface area contributed by atoms with E-state index in [-0.39, 0.29) is 11.8 Å². The predicted molar refractivity (Wildman–Crippen MR) is 77.9 cm³/mol. The first-order valence-electron chi connectivity index (χ1n) is 6.85. The molecule has 0 amide bonds. The number of carbonyl (C=O) groups is 1. The van der Waals surface area contributed by atoms with Gasteiger partial charge < -0.3 is 25.0 Å². The summed E-state index contributed by atoms with van der Waals surface area (Å²) in [6, 6.07) is 1.42. The molecule has 0 bridgehead atoms. The van der Waals surface area contributed by atoms with Crippen LogP contribution in [0.25, 0.3) is 0 Å². The van der Waals surface area contributed by atoms with E-state index in [9.17, 15) is 9.90 Å². The maximum Gasteiger partial charge on any atom is 0.307 e. The number of carboxylic acid groups (broad SMARTS) is 1. The minimum atomic E-state index is -0.831. The Balaban J connectivity index is 2.01. The Morgan fingerprint density at radius 1 is 1.38 bits per heavy atom. The van der Waals surface area contributed by atoms with Gasteiger partial charge in [0, 0.05) is 25.1 Å². The third-order valence-corrected chi connectivity index (χ3v) is 4.43. The maximum absolute atomic E-state index is 11.1. The average molecular weight is 358 g/mol. The van der Waals surface area contributed by atoms with Crippen LogP contribution in [0.3, 0.4) is 0 Å². The van der Waals surface area contributed by atoms with Gasteiger partial charge in [-0.15, -0.1) is 0 Å². The van der Waals surface area contributed by atoms with Crippen LogP contribution in [0.4, 0.5) is 0 Å². The number of halogens is 1. The standard InChI is InChI=1S/C14H16BrNO5/c15-8-5-10-13(21-3-1-2-20-10)11(12(8)17)9-4-7(6-16-9)14(18)19/h5,7,9,16-17H,1-4,6H2,(H,18,19). The van der Waals surface area contributed by atoms with Crippen LogP contribution in [0, 0.1) is 5.92 Å². The molecule has 2 unspecified atom stereocenters. The van der Waals surface area contributed by atoms with E-state index < -0.39 is 11.9 Å². The summed E-state index contributed by atoms with van der Waals surface area (Å²) in [5.41, 5.74) is 0.574. The molecule has 0 saturated carbocycles. The molecule has 2 atom stereocenters. The lowest BCUT2D eigenvalue weighted by molar-refractivity contribution is -0.141. The SMILES string of the molecule is O=C(O)C1CNC(c2c(O)c(Br)cc3c2OCCCO3)C1. The Morgan fingerprint density at radius 3 is 2.86 bits per heavy atom. The largest absolute Gasteiger partial charge is 0.506 e. The zero-order chi connectivity index (χ0) is 15.0. The summed E-state index contributed by atoms with van der Waals surface area (Å²) in [6.07, 6.45) is 1.18. The fourth-order valence-electron chi connectivity index (χ4n) is 2.76. The number of rotatable bonds is 2. The summed E-state index contributed by atoms with van der Waals surface area (Å²) in [5.74, 6) is -0.134. The number of aromatic hydroxyl groups is 1. The fourth-order valence-corrected chi connectivity index (χ4v) is 3.18. The molecule has 1 fully saturated rings. The zero-order valence-corrected chi connectivity index (χ0v) is 12.9. The van der Waals surface area contributed by atoms with Crippen molar-refractivity contribution in [2.45, 2.75) is 18.9 Å². The quantitative estimate of drug-likeness (QED) is 0.750. The highest BCUT2D eigenvalue weighted by molar-refractivity contribution is 9.10. The van der Waals surface area contributed by atoms with Gasteiger partial charge >= 0.3 is 5.97 Å². The van der Waals surface area contributed by atoms with Crippen molar-refractivity contribution in [1.29, 1.82) is 0 Å². The fraction of sp³-hybridized carbons (Fsp3) is 0.500. The molecule has 0 spiro atoms. The van der Waals surface area contributed by atoms with Gasteiger partial charge in [0.1, 0.15) is 5.75 Å². The number of ether oxygens (including phenoxy) is 2. The summed E-state index contributed by atoms with van der Waals surface area (Å²) < 4.78 is 11.9. The van der Waals surface area contributed by atoms with Gasteiger partial charge in [0.2, 0.25) is 0 Å². The van der Waals surface area contributed by atoms with Crippen LogP contribution < -0.4 is 14.8 Å². The molecule has 6 nitrogen and oxygen atoms in total. The first-order chi connectivity index (χ1) is 10.1. The number of fused-ring (bicyclic) bond motifs is 1. The molecular weight excluding hydrogens is 342 g/mol. The number of carboxylic acids is 1. The number of nitrogens with one attached hydrogen (secondary N) is 1. The lowest BCUT2D eigenvalue weighted by atomic mass is 9.98. The van der Waals surface area contributed by atoms with Crippen molar-refractivity contribution in [3.63, 3.8) is 0 Å². The van der Waals surface area contributed by atoms with Crippen LogP contribution in [0.2, 0.25) is 0 Å².